The average molecular weight is 675 g/mol. The van der Waals surface area contributed by atoms with Crippen molar-refractivity contribution in [2.24, 2.45) is 29.4 Å². The number of nitrogens with zero attached hydrogens (tertiary/aromatic N) is 2. The lowest BCUT2D eigenvalue weighted by Gasteiger charge is -2.40. The molecule has 1 aliphatic rings. The maximum Gasteiger partial charge on any atom is 0.328 e. The number of likely N-dealkylation sites (tertiary alicyclic amines) is 1. The van der Waals surface area contributed by atoms with E-state index in [2.05, 4.69) is 12.2 Å². The number of likely N-dealkylation sites (N-methyl/N-ethyl adjacent to an activating group) is 1. The van der Waals surface area contributed by atoms with E-state index < -0.39 is 36.2 Å². The standard InChI is InChI=1S/C37H62N4O7/c1-11-25(6)33(40(8)36(44)32(38)24(4)5)30(46-9)21-31(42)41-19-15-18-29(41)34(47-10)26(7)35(43)39-28(37(45)48-22-23(2)3)20-27-16-13-12-14-17-27/h12-14,16-17,23-26,28-30,32-34H,11,15,18-22,38H2,1-10H3,(H,39,43)/t25-,26+,28-,29-,30+,32?,33-,34+/m0/s1. The van der Waals surface area contributed by atoms with Gasteiger partial charge in [0.25, 0.3) is 0 Å². The predicted molar refractivity (Wildman–Crippen MR) is 187 cm³/mol. The number of hydrogen-bond acceptors (Lipinski definition) is 8. The first-order valence-electron chi connectivity index (χ1n) is 17.6. The number of methoxy groups -OCH3 is 2. The van der Waals surface area contributed by atoms with E-state index in [-0.39, 0.29) is 67.0 Å². The number of hydrogen-bond donors (Lipinski definition) is 2. The summed E-state index contributed by atoms with van der Waals surface area (Å²) in [6.45, 7) is 14.4. The predicted octanol–water partition coefficient (Wildman–Crippen LogP) is 3.82. The van der Waals surface area contributed by atoms with Gasteiger partial charge in [0.05, 0.1) is 49.3 Å². The summed E-state index contributed by atoms with van der Waals surface area (Å²) in [7, 11) is 4.85. The quantitative estimate of drug-likeness (QED) is 0.211. The molecule has 11 heteroatoms. The van der Waals surface area contributed by atoms with Crippen LogP contribution in [0.4, 0.5) is 0 Å². The average Bonchev–Trinajstić information content (AvgIpc) is 3.55. The lowest BCUT2D eigenvalue weighted by molar-refractivity contribution is -0.150. The van der Waals surface area contributed by atoms with Crippen LogP contribution in [0.5, 0.6) is 0 Å². The highest BCUT2D eigenvalue weighted by molar-refractivity contribution is 5.86. The molecule has 0 saturated carbocycles. The summed E-state index contributed by atoms with van der Waals surface area (Å²) < 4.78 is 17.4. The van der Waals surface area contributed by atoms with Crippen LogP contribution < -0.4 is 11.1 Å². The minimum Gasteiger partial charge on any atom is -0.464 e. The van der Waals surface area contributed by atoms with Gasteiger partial charge >= 0.3 is 5.97 Å². The summed E-state index contributed by atoms with van der Waals surface area (Å²) in [5.74, 6) is -1.64. The van der Waals surface area contributed by atoms with E-state index in [9.17, 15) is 19.2 Å². The first kappa shape index (κ1) is 41.2. The van der Waals surface area contributed by atoms with Gasteiger partial charge < -0.3 is 35.1 Å². The molecule has 3 amide bonds. The summed E-state index contributed by atoms with van der Waals surface area (Å²) in [5.41, 5.74) is 7.13. The van der Waals surface area contributed by atoms with Crippen LogP contribution in [-0.2, 0) is 39.8 Å². The molecule has 1 aromatic rings. The Kier molecular flexibility index (Phi) is 17.0. The molecular formula is C37H62N4O7. The van der Waals surface area contributed by atoms with E-state index in [1.54, 1.807) is 38.0 Å². The van der Waals surface area contributed by atoms with Gasteiger partial charge in [-0.2, -0.15) is 0 Å². The number of amides is 3. The Balaban J connectivity index is 2.24. The fourth-order valence-electron chi connectivity index (χ4n) is 6.52. The molecule has 0 bridgehead atoms. The van der Waals surface area contributed by atoms with Crippen LogP contribution in [0, 0.1) is 23.7 Å². The maximum absolute atomic E-state index is 14.0. The second-order valence-electron chi connectivity index (χ2n) is 14.1. The van der Waals surface area contributed by atoms with Crippen molar-refractivity contribution >= 4 is 23.7 Å². The molecule has 2 rings (SSSR count). The summed E-state index contributed by atoms with van der Waals surface area (Å²) in [6, 6.07) is 7.25. The third-order valence-electron chi connectivity index (χ3n) is 9.70. The molecule has 1 fully saturated rings. The molecule has 1 aliphatic heterocycles. The van der Waals surface area contributed by atoms with Gasteiger partial charge in [-0.15, -0.1) is 0 Å². The third-order valence-corrected chi connectivity index (χ3v) is 9.70. The Bertz CT molecular complexity index is 1160. The van der Waals surface area contributed by atoms with Crippen molar-refractivity contribution in [2.45, 2.75) is 117 Å². The highest BCUT2D eigenvalue weighted by Crippen LogP contribution is 2.29. The normalized spacial score (nSPS) is 19.3. The Morgan fingerprint density at radius 1 is 1.02 bits per heavy atom. The Morgan fingerprint density at radius 2 is 1.67 bits per heavy atom. The number of rotatable bonds is 19. The molecule has 48 heavy (non-hydrogen) atoms. The molecule has 3 N–H and O–H groups in total. The Labute approximate surface area is 288 Å². The van der Waals surface area contributed by atoms with E-state index in [0.717, 1.165) is 18.4 Å². The summed E-state index contributed by atoms with van der Waals surface area (Å²) in [6.07, 6.45) is 1.40. The molecule has 8 atom stereocenters. The van der Waals surface area contributed by atoms with E-state index in [1.165, 1.54) is 0 Å². The van der Waals surface area contributed by atoms with Crippen LogP contribution in [0.15, 0.2) is 30.3 Å². The van der Waals surface area contributed by atoms with Gasteiger partial charge in [-0.25, -0.2) is 4.79 Å². The van der Waals surface area contributed by atoms with Crippen molar-refractivity contribution in [3.8, 4) is 0 Å². The second-order valence-corrected chi connectivity index (χ2v) is 14.1. The number of ether oxygens (including phenoxy) is 3. The molecule has 0 aromatic heterocycles. The van der Waals surface area contributed by atoms with Crippen LogP contribution in [0.2, 0.25) is 0 Å². The molecule has 11 nitrogen and oxygen atoms in total. The van der Waals surface area contributed by atoms with Crippen molar-refractivity contribution in [3.05, 3.63) is 35.9 Å². The number of esters is 1. The second kappa shape index (κ2) is 19.8. The minimum absolute atomic E-state index is 0.0324. The van der Waals surface area contributed by atoms with Crippen LogP contribution in [0.25, 0.3) is 0 Å². The van der Waals surface area contributed by atoms with Gasteiger partial charge in [0.2, 0.25) is 17.7 Å². The molecule has 272 valence electrons. The fourth-order valence-corrected chi connectivity index (χ4v) is 6.52. The zero-order valence-electron chi connectivity index (χ0n) is 30.9. The first-order valence-corrected chi connectivity index (χ1v) is 17.6. The highest BCUT2D eigenvalue weighted by Gasteiger charge is 2.43. The molecular weight excluding hydrogens is 612 g/mol. The molecule has 1 unspecified atom stereocenters. The zero-order valence-corrected chi connectivity index (χ0v) is 30.9. The van der Waals surface area contributed by atoms with Crippen molar-refractivity contribution in [3.63, 3.8) is 0 Å². The van der Waals surface area contributed by atoms with E-state index in [1.807, 2.05) is 65.0 Å². The van der Waals surface area contributed by atoms with Crippen LogP contribution in [-0.4, -0.2) is 104 Å². The molecule has 0 radical (unpaired) electrons. The smallest absolute Gasteiger partial charge is 0.328 e. The molecule has 0 aliphatic carbocycles. The maximum atomic E-state index is 14.0. The zero-order chi connectivity index (χ0) is 36.1. The lowest BCUT2D eigenvalue weighted by Crippen LogP contribution is -2.56. The van der Waals surface area contributed by atoms with Crippen molar-refractivity contribution in [1.29, 1.82) is 0 Å². The number of carbonyl (C=O) groups is 4. The highest BCUT2D eigenvalue weighted by atomic mass is 16.5. The van der Waals surface area contributed by atoms with Crippen LogP contribution in [0.3, 0.4) is 0 Å². The lowest BCUT2D eigenvalue weighted by atomic mass is 9.89. The van der Waals surface area contributed by atoms with Gasteiger partial charge in [-0.3, -0.25) is 14.4 Å². The fraction of sp³-hybridized carbons (Fsp3) is 0.730. The summed E-state index contributed by atoms with van der Waals surface area (Å²) in [4.78, 5) is 57.5. The van der Waals surface area contributed by atoms with Crippen molar-refractivity contribution in [2.75, 3.05) is 34.4 Å². The largest absolute Gasteiger partial charge is 0.464 e. The summed E-state index contributed by atoms with van der Waals surface area (Å²) >= 11 is 0. The van der Waals surface area contributed by atoms with Gasteiger partial charge in [-0.05, 0) is 36.2 Å². The van der Waals surface area contributed by atoms with Crippen molar-refractivity contribution < 1.29 is 33.4 Å². The monoisotopic (exact) mass is 674 g/mol. The third kappa shape index (κ3) is 11.3. The first-order chi connectivity index (χ1) is 22.7. The van der Waals surface area contributed by atoms with E-state index in [0.29, 0.717) is 13.0 Å². The van der Waals surface area contributed by atoms with Crippen molar-refractivity contribution in [1.82, 2.24) is 15.1 Å². The van der Waals surface area contributed by atoms with E-state index >= 15 is 0 Å². The minimum atomic E-state index is -0.872. The number of nitrogens with two attached hydrogens (primary N) is 1. The van der Waals surface area contributed by atoms with Crippen LogP contribution in [0.1, 0.15) is 79.7 Å². The van der Waals surface area contributed by atoms with Crippen LogP contribution >= 0.6 is 0 Å². The van der Waals surface area contributed by atoms with Gasteiger partial charge in [0, 0.05) is 34.2 Å². The van der Waals surface area contributed by atoms with Gasteiger partial charge in [0.15, 0.2) is 0 Å². The van der Waals surface area contributed by atoms with E-state index in [4.69, 9.17) is 19.9 Å². The SMILES string of the molecule is CC[C@H](C)[C@@H]([C@@H](CC(=O)N1CCC[C@H]1[C@H](OC)[C@@H](C)C(=O)N[C@@H](Cc1ccccc1)C(=O)OCC(C)C)OC)N(C)C(=O)C(N)C(C)C. The Hall–Kier alpha value is -3.02. The summed E-state index contributed by atoms with van der Waals surface area (Å²) in [5, 5.41) is 2.92. The Morgan fingerprint density at radius 3 is 2.21 bits per heavy atom. The molecule has 0 spiro atoms. The topological polar surface area (TPSA) is 141 Å². The molecule has 1 saturated heterocycles. The molecule has 1 heterocycles. The number of benzene rings is 1. The number of nitrogens with one attached hydrogen (secondary N) is 1. The molecule has 1 aromatic carbocycles. The van der Waals surface area contributed by atoms with Gasteiger partial charge in [-0.1, -0.05) is 85.2 Å². The number of carbonyl (C=O) groups excluding carboxylic acids is 4. The van der Waals surface area contributed by atoms with Gasteiger partial charge in [0.1, 0.15) is 6.04 Å².